The molecule has 0 radical (unpaired) electrons. The van der Waals surface area contributed by atoms with Gasteiger partial charge < -0.3 is 18.6 Å². The Morgan fingerprint density at radius 3 is 2.48 bits per heavy atom. The molecule has 122 valence electrons. The smallest absolute Gasteiger partial charge is 0.250 e. The molecular formula is C17H20N2O4. The summed E-state index contributed by atoms with van der Waals surface area (Å²) in [6, 6.07) is 8.01. The van der Waals surface area contributed by atoms with E-state index in [9.17, 15) is 0 Å². The van der Waals surface area contributed by atoms with Crippen LogP contribution in [0.5, 0.6) is 5.75 Å². The topological polar surface area (TPSA) is 66.6 Å². The summed E-state index contributed by atoms with van der Waals surface area (Å²) in [4.78, 5) is 0. The highest BCUT2D eigenvalue weighted by molar-refractivity contribution is 5.47. The first-order chi connectivity index (χ1) is 11.2. The van der Waals surface area contributed by atoms with Gasteiger partial charge in [-0.15, -0.1) is 10.2 Å². The molecule has 1 aromatic carbocycles. The third kappa shape index (κ3) is 2.16. The van der Waals surface area contributed by atoms with E-state index >= 15 is 0 Å². The number of benzene rings is 1. The van der Waals surface area contributed by atoms with Gasteiger partial charge in [-0.25, -0.2) is 0 Å². The van der Waals surface area contributed by atoms with Gasteiger partial charge in [0.1, 0.15) is 5.75 Å². The summed E-state index contributed by atoms with van der Waals surface area (Å²) < 4.78 is 22.7. The number of nitrogens with zero attached hydrogens (tertiary/aromatic N) is 2. The average Bonchev–Trinajstić information content (AvgIpc) is 3.03. The Balaban J connectivity index is 1.72. The molecule has 2 aliphatic rings. The van der Waals surface area contributed by atoms with Crippen LogP contribution in [-0.2, 0) is 20.5 Å². The molecule has 2 aromatic rings. The van der Waals surface area contributed by atoms with E-state index in [1.807, 2.05) is 18.2 Å². The molecule has 1 saturated carbocycles. The molecule has 6 nitrogen and oxygen atoms in total. The molecule has 1 saturated heterocycles. The van der Waals surface area contributed by atoms with E-state index in [4.69, 9.17) is 18.6 Å². The molecule has 2 heterocycles. The molecule has 1 aliphatic heterocycles. The van der Waals surface area contributed by atoms with Crippen molar-refractivity contribution in [2.75, 3.05) is 27.4 Å². The zero-order chi connectivity index (χ0) is 15.9. The minimum absolute atomic E-state index is 0.230. The van der Waals surface area contributed by atoms with Crippen molar-refractivity contribution in [3.63, 3.8) is 0 Å². The van der Waals surface area contributed by atoms with Crippen molar-refractivity contribution in [3.8, 4) is 5.75 Å². The van der Waals surface area contributed by atoms with Gasteiger partial charge in [-0.3, -0.25) is 0 Å². The van der Waals surface area contributed by atoms with Crippen LogP contribution in [0.15, 0.2) is 28.7 Å². The molecule has 4 rings (SSSR count). The molecule has 0 spiro atoms. The monoisotopic (exact) mass is 316 g/mol. The van der Waals surface area contributed by atoms with Gasteiger partial charge >= 0.3 is 0 Å². The lowest BCUT2D eigenvalue weighted by molar-refractivity contribution is -0.0418. The Hall–Kier alpha value is -1.92. The van der Waals surface area contributed by atoms with Gasteiger partial charge in [0.15, 0.2) is 5.60 Å². The standard InChI is InChI=1S/C17H20N2O4/c1-20-13-6-4-3-5-12(13)16(7-8-16)14-18-19-15(23-14)17(21-2)9-10-22-11-17/h3-6H,7-11H2,1-2H3. The van der Waals surface area contributed by atoms with E-state index in [0.717, 1.165) is 30.6 Å². The van der Waals surface area contributed by atoms with Crippen molar-refractivity contribution in [1.82, 2.24) is 10.2 Å². The highest BCUT2D eigenvalue weighted by Crippen LogP contribution is 2.55. The predicted molar refractivity (Wildman–Crippen MR) is 81.4 cm³/mol. The molecule has 1 aromatic heterocycles. The first kappa shape index (κ1) is 14.7. The summed E-state index contributed by atoms with van der Waals surface area (Å²) in [5.41, 5.74) is 0.265. The molecule has 0 N–H and O–H groups in total. The first-order valence-electron chi connectivity index (χ1n) is 7.85. The number of hydrogen-bond acceptors (Lipinski definition) is 6. The highest BCUT2D eigenvalue weighted by Gasteiger charge is 2.53. The van der Waals surface area contributed by atoms with E-state index in [0.29, 0.717) is 25.0 Å². The van der Waals surface area contributed by atoms with Crippen LogP contribution in [0.2, 0.25) is 0 Å². The van der Waals surface area contributed by atoms with Gasteiger partial charge in [0, 0.05) is 19.1 Å². The number of aromatic nitrogens is 2. The number of rotatable bonds is 5. The van der Waals surface area contributed by atoms with Crippen LogP contribution in [0, 0.1) is 0 Å². The molecule has 0 bridgehead atoms. The minimum Gasteiger partial charge on any atom is -0.496 e. The van der Waals surface area contributed by atoms with Crippen molar-refractivity contribution in [2.24, 2.45) is 0 Å². The Labute approximate surface area is 134 Å². The summed E-state index contributed by atoms with van der Waals surface area (Å²) in [6.07, 6.45) is 2.68. The zero-order valence-electron chi connectivity index (χ0n) is 13.4. The summed E-state index contributed by atoms with van der Waals surface area (Å²) in [5.74, 6) is 2.00. The van der Waals surface area contributed by atoms with Gasteiger partial charge in [-0.1, -0.05) is 18.2 Å². The lowest BCUT2D eigenvalue weighted by Gasteiger charge is -2.21. The number of para-hydroxylation sites is 1. The molecule has 1 unspecified atom stereocenters. The quantitative estimate of drug-likeness (QED) is 0.844. The summed E-state index contributed by atoms with van der Waals surface area (Å²) in [7, 11) is 3.34. The van der Waals surface area contributed by atoms with Gasteiger partial charge in [0.25, 0.3) is 5.89 Å². The maximum Gasteiger partial charge on any atom is 0.250 e. The van der Waals surface area contributed by atoms with Gasteiger partial charge in [-0.05, 0) is 18.9 Å². The summed E-state index contributed by atoms with van der Waals surface area (Å²) in [5, 5.41) is 8.60. The van der Waals surface area contributed by atoms with Gasteiger partial charge in [-0.2, -0.15) is 0 Å². The van der Waals surface area contributed by atoms with Gasteiger partial charge in [0.05, 0.1) is 25.7 Å². The lowest BCUT2D eigenvalue weighted by Crippen LogP contribution is -2.29. The number of ether oxygens (including phenoxy) is 3. The van der Waals surface area contributed by atoms with Crippen LogP contribution >= 0.6 is 0 Å². The molecule has 6 heteroatoms. The Kier molecular flexibility index (Phi) is 3.39. The molecular weight excluding hydrogens is 296 g/mol. The molecule has 2 fully saturated rings. The normalized spacial score (nSPS) is 25.5. The molecule has 1 aliphatic carbocycles. The van der Waals surface area contributed by atoms with Crippen molar-refractivity contribution in [3.05, 3.63) is 41.6 Å². The van der Waals surface area contributed by atoms with E-state index in [-0.39, 0.29) is 5.41 Å². The fraction of sp³-hybridized carbons (Fsp3) is 0.529. The maximum absolute atomic E-state index is 6.06. The largest absolute Gasteiger partial charge is 0.496 e. The third-order valence-corrected chi connectivity index (χ3v) is 4.97. The average molecular weight is 316 g/mol. The Morgan fingerprint density at radius 2 is 1.83 bits per heavy atom. The maximum atomic E-state index is 6.06. The van der Waals surface area contributed by atoms with E-state index < -0.39 is 5.60 Å². The van der Waals surface area contributed by atoms with Crippen molar-refractivity contribution in [1.29, 1.82) is 0 Å². The third-order valence-electron chi connectivity index (χ3n) is 4.97. The molecule has 1 atom stereocenters. The molecule has 23 heavy (non-hydrogen) atoms. The van der Waals surface area contributed by atoms with E-state index in [2.05, 4.69) is 16.3 Å². The van der Waals surface area contributed by atoms with Crippen molar-refractivity contribution in [2.45, 2.75) is 30.3 Å². The van der Waals surface area contributed by atoms with Crippen LogP contribution in [0.1, 0.15) is 36.6 Å². The number of hydrogen-bond donors (Lipinski definition) is 0. The fourth-order valence-corrected chi connectivity index (χ4v) is 3.33. The van der Waals surface area contributed by atoms with Crippen LogP contribution in [0.4, 0.5) is 0 Å². The second-order valence-corrected chi connectivity index (χ2v) is 6.20. The van der Waals surface area contributed by atoms with E-state index in [1.54, 1.807) is 14.2 Å². The van der Waals surface area contributed by atoms with Gasteiger partial charge in [0.2, 0.25) is 5.89 Å². The van der Waals surface area contributed by atoms with Crippen molar-refractivity contribution >= 4 is 0 Å². The fourth-order valence-electron chi connectivity index (χ4n) is 3.33. The number of methoxy groups -OCH3 is 2. The van der Waals surface area contributed by atoms with Crippen molar-refractivity contribution < 1.29 is 18.6 Å². The second kappa shape index (κ2) is 5.32. The Morgan fingerprint density at radius 1 is 1.04 bits per heavy atom. The van der Waals surface area contributed by atoms with E-state index in [1.165, 1.54) is 0 Å². The Bertz CT molecular complexity index is 702. The lowest BCUT2D eigenvalue weighted by atomic mass is 9.95. The van der Waals surface area contributed by atoms with Crippen LogP contribution < -0.4 is 4.74 Å². The van der Waals surface area contributed by atoms with Crippen LogP contribution in [0.25, 0.3) is 0 Å². The van der Waals surface area contributed by atoms with Crippen LogP contribution in [-0.4, -0.2) is 37.6 Å². The highest BCUT2D eigenvalue weighted by atomic mass is 16.6. The predicted octanol–water partition coefficient (Wildman–Crippen LogP) is 2.42. The summed E-state index contributed by atoms with van der Waals surface area (Å²) in [6.45, 7) is 1.09. The summed E-state index contributed by atoms with van der Waals surface area (Å²) >= 11 is 0. The molecule has 0 amide bonds. The SMILES string of the molecule is COc1ccccc1C1(c2nnc(C3(OC)CCOC3)o2)CC1. The zero-order valence-corrected chi connectivity index (χ0v) is 13.4. The second-order valence-electron chi connectivity index (χ2n) is 6.20. The van der Waals surface area contributed by atoms with Crippen LogP contribution in [0.3, 0.4) is 0 Å². The first-order valence-corrected chi connectivity index (χ1v) is 7.85. The minimum atomic E-state index is -0.609.